The highest BCUT2D eigenvalue weighted by Gasteiger charge is 2.26. The molecule has 1 atom stereocenters. The highest BCUT2D eigenvalue weighted by molar-refractivity contribution is 7.27. The summed E-state index contributed by atoms with van der Waals surface area (Å²) in [6.45, 7) is 0.518. The minimum Gasteiger partial charge on any atom is -0.506 e. The number of aromatic nitrogens is 2. The Kier molecular flexibility index (Phi) is 4.21. The quantitative estimate of drug-likeness (QED) is 0.688. The van der Waals surface area contributed by atoms with E-state index in [1.54, 1.807) is 24.4 Å². The van der Waals surface area contributed by atoms with Gasteiger partial charge in [0.05, 0.1) is 11.1 Å². The predicted molar refractivity (Wildman–Crippen MR) is 103 cm³/mol. The minimum atomic E-state index is -0.586. The summed E-state index contributed by atoms with van der Waals surface area (Å²) in [5.74, 6) is -0.412. The zero-order chi connectivity index (χ0) is 18.3. The Morgan fingerprint density at radius 2 is 2.12 bits per heavy atom. The van der Waals surface area contributed by atoms with Crippen molar-refractivity contribution in [1.29, 1.82) is 0 Å². The zero-order valence-corrected chi connectivity index (χ0v) is 15.1. The molecule has 0 bridgehead atoms. The van der Waals surface area contributed by atoms with Crippen LogP contribution in [0.5, 0.6) is 5.75 Å². The number of benzene rings is 1. The molecule has 2 aromatic heterocycles. The molecule has 2 heterocycles. The molecule has 1 aliphatic rings. The first-order valence-electron chi connectivity index (χ1n) is 8.43. The molecule has 1 saturated carbocycles. The summed E-state index contributed by atoms with van der Waals surface area (Å²) < 4.78 is 1.37. The van der Waals surface area contributed by atoms with E-state index in [0.717, 1.165) is 18.1 Å². The van der Waals surface area contributed by atoms with Crippen LogP contribution in [0.2, 0.25) is 0 Å². The predicted octanol–water partition coefficient (Wildman–Crippen LogP) is 1.73. The van der Waals surface area contributed by atoms with E-state index >= 15 is 0 Å². The number of nitrogens with one attached hydrogen (secondary N) is 1. The van der Waals surface area contributed by atoms with Crippen molar-refractivity contribution < 1.29 is 9.90 Å². The van der Waals surface area contributed by atoms with Crippen molar-refractivity contribution in [3.8, 4) is 11.4 Å². The number of aromatic hydroxyl groups is 1. The van der Waals surface area contributed by atoms with Crippen LogP contribution in [0.3, 0.4) is 0 Å². The fourth-order valence-electron chi connectivity index (χ4n) is 2.96. The van der Waals surface area contributed by atoms with E-state index in [1.165, 1.54) is 4.57 Å². The second kappa shape index (κ2) is 6.54. The standard InChI is InChI=1S/C19H18N3O3P/c23-16-14-5-2-8-20-17(14)22(12-3-1-4-13(26)9-12)19(25)15(16)18(24)21-10-11-6-7-11/h1-5,8-9,11,23H,6-7,10,26H2,(H,21,24). The zero-order valence-electron chi connectivity index (χ0n) is 14.0. The number of nitrogens with zero attached hydrogens (tertiary/aromatic N) is 2. The molecule has 1 unspecified atom stereocenters. The number of carbonyl (C=O) groups excluding carboxylic acids is 1. The van der Waals surface area contributed by atoms with Crippen molar-refractivity contribution in [1.82, 2.24) is 14.9 Å². The van der Waals surface area contributed by atoms with Crippen LogP contribution in [-0.2, 0) is 0 Å². The summed E-state index contributed by atoms with van der Waals surface area (Å²) in [6.07, 6.45) is 3.72. The lowest BCUT2D eigenvalue weighted by Crippen LogP contribution is -2.34. The van der Waals surface area contributed by atoms with Gasteiger partial charge in [0.2, 0.25) is 0 Å². The number of amides is 1. The van der Waals surface area contributed by atoms with Gasteiger partial charge in [0.1, 0.15) is 11.3 Å². The Morgan fingerprint density at radius 1 is 1.31 bits per heavy atom. The number of rotatable bonds is 4. The largest absolute Gasteiger partial charge is 0.506 e. The molecule has 1 aromatic carbocycles. The Labute approximate surface area is 152 Å². The number of carbonyl (C=O) groups is 1. The maximum atomic E-state index is 13.1. The summed E-state index contributed by atoms with van der Waals surface area (Å²) in [5, 5.41) is 14.6. The number of pyridine rings is 2. The molecule has 0 saturated heterocycles. The minimum absolute atomic E-state index is 0.250. The highest BCUT2D eigenvalue weighted by Crippen LogP contribution is 2.29. The van der Waals surface area contributed by atoms with Crippen molar-refractivity contribution in [3.63, 3.8) is 0 Å². The van der Waals surface area contributed by atoms with E-state index in [0.29, 0.717) is 29.2 Å². The maximum absolute atomic E-state index is 13.1. The number of fused-ring (bicyclic) bond motifs is 1. The molecule has 7 heteroatoms. The topological polar surface area (TPSA) is 84.2 Å². The monoisotopic (exact) mass is 367 g/mol. The van der Waals surface area contributed by atoms with Crippen LogP contribution >= 0.6 is 9.24 Å². The summed E-state index contributed by atoms with van der Waals surface area (Å²) in [4.78, 5) is 30.0. The van der Waals surface area contributed by atoms with E-state index < -0.39 is 11.5 Å². The molecular weight excluding hydrogens is 349 g/mol. The first kappa shape index (κ1) is 16.7. The van der Waals surface area contributed by atoms with Crippen LogP contribution in [0.25, 0.3) is 16.7 Å². The fourth-order valence-corrected chi connectivity index (χ4v) is 3.24. The Morgan fingerprint density at radius 3 is 2.85 bits per heavy atom. The van der Waals surface area contributed by atoms with Crippen molar-refractivity contribution in [2.45, 2.75) is 12.8 Å². The molecule has 132 valence electrons. The number of hydrogen-bond acceptors (Lipinski definition) is 4. The first-order chi connectivity index (χ1) is 12.6. The SMILES string of the molecule is O=C(NCC1CC1)c1c(O)c2cccnc2n(-c2cccc(P)c2)c1=O. The van der Waals surface area contributed by atoms with Gasteiger partial charge in [-0.05, 0) is 48.3 Å². The van der Waals surface area contributed by atoms with Crippen LogP contribution in [0.15, 0.2) is 47.4 Å². The second-order valence-corrected chi connectivity index (χ2v) is 7.15. The normalized spacial score (nSPS) is 13.7. The molecule has 0 spiro atoms. The lowest BCUT2D eigenvalue weighted by atomic mass is 10.1. The van der Waals surface area contributed by atoms with Gasteiger partial charge in [-0.15, -0.1) is 9.24 Å². The van der Waals surface area contributed by atoms with Gasteiger partial charge in [0.25, 0.3) is 11.5 Å². The van der Waals surface area contributed by atoms with Crippen molar-refractivity contribution in [3.05, 3.63) is 58.5 Å². The molecule has 0 radical (unpaired) electrons. The smallest absolute Gasteiger partial charge is 0.273 e. The molecule has 1 fully saturated rings. The maximum Gasteiger partial charge on any atom is 0.273 e. The molecule has 2 N–H and O–H groups in total. The molecule has 26 heavy (non-hydrogen) atoms. The molecule has 6 nitrogen and oxygen atoms in total. The van der Waals surface area contributed by atoms with Crippen LogP contribution in [0.1, 0.15) is 23.2 Å². The summed E-state index contributed by atoms with van der Waals surface area (Å²) in [5.41, 5.74) is 0.0599. The van der Waals surface area contributed by atoms with Crippen LogP contribution in [0, 0.1) is 5.92 Å². The van der Waals surface area contributed by atoms with E-state index in [9.17, 15) is 14.7 Å². The van der Waals surface area contributed by atoms with Gasteiger partial charge in [-0.3, -0.25) is 14.2 Å². The van der Waals surface area contributed by atoms with Gasteiger partial charge >= 0.3 is 0 Å². The lowest BCUT2D eigenvalue weighted by Gasteiger charge is -2.14. The number of hydrogen-bond donors (Lipinski definition) is 2. The first-order valence-corrected chi connectivity index (χ1v) is 9.01. The van der Waals surface area contributed by atoms with Gasteiger partial charge in [-0.25, -0.2) is 4.98 Å². The van der Waals surface area contributed by atoms with Crippen molar-refractivity contribution in [2.75, 3.05) is 6.54 Å². The average molecular weight is 367 g/mol. The van der Waals surface area contributed by atoms with E-state index in [-0.39, 0.29) is 11.3 Å². The van der Waals surface area contributed by atoms with Crippen molar-refractivity contribution >= 4 is 31.5 Å². The molecule has 3 aromatic rings. The van der Waals surface area contributed by atoms with Crippen molar-refractivity contribution in [2.24, 2.45) is 5.92 Å². The summed E-state index contributed by atoms with van der Waals surface area (Å²) in [7, 11) is 2.58. The van der Waals surface area contributed by atoms with Gasteiger partial charge in [-0.2, -0.15) is 0 Å². The molecule has 0 aliphatic heterocycles. The summed E-state index contributed by atoms with van der Waals surface area (Å²) in [6, 6.07) is 10.6. The van der Waals surface area contributed by atoms with Crippen LogP contribution in [-0.4, -0.2) is 27.1 Å². The average Bonchev–Trinajstić information content (AvgIpc) is 3.45. The second-order valence-electron chi connectivity index (χ2n) is 6.49. The lowest BCUT2D eigenvalue weighted by molar-refractivity contribution is 0.0947. The molecule has 4 rings (SSSR count). The molecule has 1 amide bonds. The third-order valence-electron chi connectivity index (χ3n) is 4.51. The van der Waals surface area contributed by atoms with Gasteiger partial charge in [-0.1, -0.05) is 12.1 Å². The fraction of sp³-hybridized carbons (Fsp3) is 0.211. The Bertz CT molecular complexity index is 1070. The van der Waals surface area contributed by atoms with Gasteiger partial charge < -0.3 is 10.4 Å². The molecule has 1 aliphatic carbocycles. The van der Waals surface area contributed by atoms with Crippen LogP contribution < -0.4 is 16.2 Å². The third-order valence-corrected chi connectivity index (χ3v) is 4.87. The molecular formula is C19H18N3O3P. The summed E-state index contributed by atoms with van der Waals surface area (Å²) >= 11 is 0. The van der Waals surface area contributed by atoms with Crippen LogP contribution in [0.4, 0.5) is 0 Å². The van der Waals surface area contributed by atoms with E-state index in [1.807, 2.05) is 18.2 Å². The van der Waals surface area contributed by atoms with Gasteiger partial charge in [0, 0.05) is 12.7 Å². The van der Waals surface area contributed by atoms with E-state index in [2.05, 4.69) is 19.5 Å². The highest BCUT2D eigenvalue weighted by atomic mass is 31.0. The third kappa shape index (κ3) is 2.97. The Hall–Kier alpha value is -2.72. The van der Waals surface area contributed by atoms with Gasteiger partial charge in [0.15, 0.2) is 5.65 Å². The Balaban J connectivity index is 1.95. The van der Waals surface area contributed by atoms with E-state index in [4.69, 9.17) is 0 Å².